The highest BCUT2D eigenvalue weighted by atomic mass is 32.1. The molecule has 17 heavy (non-hydrogen) atoms. The van der Waals surface area contributed by atoms with Gasteiger partial charge in [0.1, 0.15) is 0 Å². The molecule has 2 aromatic rings. The number of benzene rings is 1. The van der Waals surface area contributed by atoms with Crippen LogP contribution in [0, 0.1) is 6.92 Å². The Bertz CT molecular complexity index is 534. The average molecular weight is 249 g/mol. The highest BCUT2D eigenvalue weighted by Crippen LogP contribution is 2.40. The second kappa shape index (κ2) is 4.67. The Morgan fingerprint density at radius 2 is 1.76 bits per heavy atom. The van der Waals surface area contributed by atoms with Crippen LogP contribution in [0.5, 0.6) is 11.5 Å². The summed E-state index contributed by atoms with van der Waals surface area (Å²) in [6, 6.07) is 5.80. The van der Waals surface area contributed by atoms with E-state index in [0.29, 0.717) is 17.2 Å². The minimum atomic E-state index is 0.656. The molecule has 0 fully saturated rings. The van der Waals surface area contributed by atoms with E-state index in [9.17, 15) is 0 Å². The van der Waals surface area contributed by atoms with Crippen molar-refractivity contribution in [3.63, 3.8) is 0 Å². The predicted octanol–water partition coefficient (Wildman–Crippen LogP) is 3.32. The van der Waals surface area contributed by atoms with E-state index in [1.165, 1.54) is 10.4 Å². The first kappa shape index (κ1) is 11.8. The molecule has 0 aliphatic heterocycles. The van der Waals surface area contributed by atoms with Crippen LogP contribution >= 0.6 is 11.3 Å². The topological polar surface area (TPSA) is 44.5 Å². The molecule has 0 spiro atoms. The molecule has 0 bridgehead atoms. The lowest BCUT2D eigenvalue weighted by Gasteiger charge is -2.12. The summed E-state index contributed by atoms with van der Waals surface area (Å²) < 4.78 is 10.5. The largest absolute Gasteiger partial charge is 0.493 e. The first-order chi connectivity index (χ1) is 8.17. The Morgan fingerprint density at radius 1 is 1.12 bits per heavy atom. The first-order valence-corrected chi connectivity index (χ1v) is 6.11. The van der Waals surface area contributed by atoms with Crippen molar-refractivity contribution in [2.45, 2.75) is 6.92 Å². The molecule has 0 saturated heterocycles. The van der Waals surface area contributed by atoms with Crippen LogP contribution in [-0.2, 0) is 0 Å². The van der Waals surface area contributed by atoms with Gasteiger partial charge in [0.25, 0.3) is 0 Å². The Morgan fingerprint density at radius 3 is 2.29 bits per heavy atom. The van der Waals surface area contributed by atoms with Crippen molar-refractivity contribution < 1.29 is 9.47 Å². The van der Waals surface area contributed by atoms with Gasteiger partial charge >= 0.3 is 0 Å². The number of hydrogen-bond acceptors (Lipinski definition) is 4. The van der Waals surface area contributed by atoms with E-state index in [2.05, 4.69) is 18.4 Å². The monoisotopic (exact) mass is 249 g/mol. The highest BCUT2D eigenvalue weighted by Gasteiger charge is 2.12. The maximum absolute atomic E-state index is 6.05. The molecule has 3 nitrogen and oxygen atoms in total. The molecule has 1 aromatic heterocycles. The van der Waals surface area contributed by atoms with Crippen molar-refractivity contribution >= 4 is 17.0 Å². The van der Waals surface area contributed by atoms with Crippen LogP contribution in [0.1, 0.15) is 5.56 Å². The van der Waals surface area contributed by atoms with E-state index in [0.717, 1.165) is 5.56 Å². The number of rotatable bonds is 3. The number of hydrogen-bond donors (Lipinski definition) is 1. The van der Waals surface area contributed by atoms with Crippen molar-refractivity contribution in [1.29, 1.82) is 0 Å². The van der Waals surface area contributed by atoms with E-state index in [1.807, 2.05) is 6.07 Å². The SMILES string of the molecule is COc1cc(N)c(-c2sccc2C)cc1OC. The van der Waals surface area contributed by atoms with Gasteiger partial charge in [0.2, 0.25) is 0 Å². The third-order valence-electron chi connectivity index (χ3n) is 2.66. The minimum absolute atomic E-state index is 0.656. The summed E-state index contributed by atoms with van der Waals surface area (Å²) in [5.74, 6) is 1.35. The van der Waals surface area contributed by atoms with Gasteiger partial charge in [0.05, 0.1) is 14.2 Å². The lowest BCUT2D eigenvalue weighted by atomic mass is 10.1. The molecule has 0 aliphatic carbocycles. The number of nitrogens with two attached hydrogens (primary N) is 1. The van der Waals surface area contributed by atoms with Gasteiger partial charge in [-0.15, -0.1) is 11.3 Å². The minimum Gasteiger partial charge on any atom is -0.493 e. The van der Waals surface area contributed by atoms with Crippen molar-refractivity contribution in [3.05, 3.63) is 29.1 Å². The molecule has 2 rings (SSSR count). The van der Waals surface area contributed by atoms with Gasteiger partial charge in [-0.3, -0.25) is 0 Å². The Hall–Kier alpha value is -1.68. The van der Waals surface area contributed by atoms with Crippen LogP contribution < -0.4 is 15.2 Å². The lowest BCUT2D eigenvalue weighted by molar-refractivity contribution is 0.355. The molecule has 90 valence electrons. The van der Waals surface area contributed by atoms with Crippen LogP contribution in [-0.4, -0.2) is 14.2 Å². The Balaban J connectivity index is 2.59. The molecule has 0 amide bonds. The molecule has 0 aliphatic rings. The summed E-state index contributed by atoms with van der Waals surface area (Å²) in [7, 11) is 3.23. The summed E-state index contributed by atoms with van der Waals surface area (Å²) in [5.41, 5.74) is 8.97. The van der Waals surface area contributed by atoms with Crippen molar-refractivity contribution in [3.8, 4) is 21.9 Å². The van der Waals surface area contributed by atoms with E-state index < -0.39 is 0 Å². The van der Waals surface area contributed by atoms with Gasteiger partial charge in [-0.05, 0) is 30.0 Å². The quantitative estimate of drug-likeness (QED) is 0.849. The van der Waals surface area contributed by atoms with E-state index in [1.54, 1.807) is 31.6 Å². The molecule has 0 saturated carbocycles. The second-order valence-electron chi connectivity index (χ2n) is 3.73. The van der Waals surface area contributed by atoms with Crippen LogP contribution in [0.15, 0.2) is 23.6 Å². The molecule has 0 radical (unpaired) electrons. The fourth-order valence-electron chi connectivity index (χ4n) is 1.74. The molecule has 4 heteroatoms. The van der Waals surface area contributed by atoms with Crippen LogP contribution in [0.3, 0.4) is 0 Å². The highest BCUT2D eigenvalue weighted by molar-refractivity contribution is 7.13. The fourth-order valence-corrected chi connectivity index (χ4v) is 2.71. The zero-order chi connectivity index (χ0) is 12.4. The summed E-state index contributed by atoms with van der Waals surface area (Å²) in [6.07, 6.45) is 0. The number of thiophene rings is 1. The van der Waals surface area contributed by atoms with Gasteiger partial charge in [-0.2, -0.15) is 0 Å². The number of nitrogen functional groups attached to an aromatic ring is 1. The molecule has 0 unspecified atom stereocenters. The van der Waals surface area contributed by atoms with Crippen LogP contribution in [0.4, 0.5) is 5.69 Å². The molecule has 0 atom stereocenters. The Kier molecular flexibility index (Phi) is 3.24. The van der Waals surface area contributed by atoms with Crippen molar-refractivity contribution in [1.82, 2.24) is 0 Å². The summed E-state index contributed by atoms with van der Waals surface area (Å²) in [4.78, 5) is 1.17. The Labute approximate surface area is 105 Å². The lowest BCUT2D eigenvalue weighted by Crippen LogP contribution is -1.95. The van der Waals surface area contributed by atoms with Gasteiger partial charge in [-0.1, -0.05) is 0 Å². The van der Waals surface area contributed by atoms with E-state index in [4.69, 9.17) is 15.2 Å². The maximum Gasteiger partial charge on any atom is 0.162 e. The zero-order valence-electron chi connectivity index (χ0n) is 10.1. The number of anilines is 1. The predicted molar refractivity (Wildman–Crippen MR) is 72.0 cm³/mol. The summed E-state index contributed by atoms with van der Waals surface area (Å²) in [6.45, 7) is 2.07. The average Bonchev–Trinajstić information content (AvgIpc) is 2.75. The zero-order valence-corrected chi connectivity index (χ0v) is 10.9. The smallest absolute Gasteiger partial charge is 0.162 e. The normalized spacial score (nSPS) is 10.3. The molecule has 1 aromatic carbocycles. The van der Waals surface area contributed by atoms with Gasteiger partial charge in [-0.25, -0.2) is 0 Å². The van der Waals surface area contributed by atoms with Crippen molar-refractivity contribution in [2.24, 2.45) is 0 Å². The fraction of sp³-hybridized carbons (Fsp3) is 0.231. The number of ether oxygens (including phenoxy) is 2. The number of methoxy groups -OCH3 is 2. The van der Waals surface area contributed by atoms with Crippen LogP contribution in [0.25, 0.3) is 10.4 Å². The third kappa shape index (κ3) is 2.08. The van der Waals surface area contributed by atoms with Gasteiger partial charge in [0.15, 0.2) is 11.5 Å². The molecule has 2 N–H and O–H groups in total. The van der Waals surface area contributed by atoms with E-state index >= 15 is 0 Å². The number of aryl methyl sites for hydroxylation is 1. The van der Waals surface area contributed by atoms with E-state index in [-0.39, 0.29) is 0 Å². The molecular formula is C13H15NO2S. The first-order valence-electron chi connectivity index (χ1n) is 5.23. The van der Waals surface area contributed by atoms with Gasteiger partial charge < -0.3 is 15.2 Å². The standard InChI is InChI=1S/C13H15NO2S/c1-8-4-5-17-13(8)9-6-11(15-2)12(16-3)7-10(9)14/h4-7H,14H2,1-3H3. The van der Waals surface area contributed by atoms with Crippen LogP contribution in [0.2, 0.25) is 0 Å². The summed E-state index contributed by atoms with van der Waals surface area (Å²) >= 11 is 1.67. The second-order valence-corrected chi connectivity index (χ2v) is 4.64. The molecular weight excluding hydrogens is 234 g/mol. The summed E-state index contributed by atoms with van der Waals surface area (Å²) in [5, 5.41) is 2.06. The van der Waals surface area contributed by atoms with Gasteiger partial charge in [0, 0.05) is 22.2 Å². The molecule has 1 heterocycles. The maximum atomic E-state index is 6.05. The van der Waals surface area contributed by atoms with Crippen molar-refractivity contribution in [2.75, 3.05) is 20.0 Å². The third-order valence-corrected chi connectivity index (χ3v) is 3.71.